The first-order chi connectivity index (χ1) is 16.1. The number of hydrogen-bond donors (Lipinski definition) is 0. The molecule has 0 atom stereocenters. The SMILES string of the molecule is O=C1C(=Cc2ccc(-c3ccc(Br)c(Cl)c3)o2)SC(=NC2CCCCC2)N1C1CCCCC1. The summed E-state index contributed by atoms with van der Waals surface area (Å²) in [5.41, 5.74) is 0.904. The van der Waals surface area contributed by atoms with Gasteiger partial charge in [-0.1, -0.05) is 56.2 Å². The van der Waals surface area contributed by atoms with E-state index in [0.29, 0.717) is 21.7 Å². The highest BCUT2D eigenvalue weighted by Crippen LogP contribution is 2.39. The molecule has 3 aliphatic rings. The van der Waals surface area contributed by atoms with Crippen LogP contribution in [-0.2, 0) is 4.79 Å². The minimum atomic E-state index is 0.0751. The molecule has 0 unspecified atom stereocenters. The molecule has 1 aliphatic heterocycles. The zero-order chi connectivity index (χ0) is 22.8. The number of thioether (sulfide) groups is 1. The van der Waals surface area contributed by atoms with Gasteiger partial charge in [-0.3, -0.25) is 14.7 Å². The number of hydrogen-bond acceptors (Lipinski definition) is 4. The first-order valence-corrected chi connectivity index (χ1v) is 13.9. The molecule has 3 fully saturated rings. The van der Waals surface area contributed by atoms with E-state index in [2.05, 4.69) is 15.9 Å². The zero-order valence-electron chi connectivity index (χ0n) is 18.6. The van der Waals surface area contributed by atoms with Crippen molar-refractivity contribution >= 4 is 56.4 Å². The molecule has 7 heteroatoms. The molecule has 0 N–H and O–H groups in total. The standard InChI is InChI=1S/C26H28BrClN2O2S/c27-21-13-11-17(15-22(21)28)23-14-12-20(32-23)16-24-25(31)30(19-9-5-2-6-10-19)26(33-24)29-18-7-3-1-4-8-18/h11-16,18-19H,1-10H2. The van der Waals surface area contributed by atoms with Gasteiger partial charge < -0.3 is 4.42 Å². The minimum Gasteiger partial charge on any atom is -0.457 e. The summed E-state index contributed by atoms with van der Waals surface area (Å²) < 4.78 is 6.92. The van der Waals surface area contributed by atoms with Crippen molar-refractivity contribution in [2.45, 2.75) is 76.3 Å². The first-order valence-electron chi connectivity index (χ1n) is 11.9. The number of rotatable bonds is 4. The molecular weight excluding hydrogens is 520 g/mol. The summed E-state index contributed by atoms with van der Waals surface area (Å²) >= 11 is 11.2. The van der Waals surface area contributed by atoms with E-state index in [1.807, 2.05) is 41.3 Å². The first kappa shape index (κ1) is 23.3. The Bertz CT molecular complexity index is 1080. The second-order valence-electron chi connectivity index (χ2n) is 9.11. The van der Waals surface area contributed by atoms with Crippen LogP contribution < -0.4 is 0 Å². The lowest BCUT2D eigenvalue weighted by Crippen LogP contribution is -2.41. The predicted molar refractivity (Wildman–Crippen MR) is 140 cm³/mol. The number of carbonyl (C=O) groups is 1. The van der Waals surface area contributed by atoms with Crippen molar-refractivity contribution < 1.29 is 9.21 Å². The van der Waals surface area contributed by atoms with E-state index in [4.69, 9.17) is 21.0 Å². The molecule has 2 heterocycles. The molecule has 0 radical (unpaired) electrons. The van der Waals surface area contributed by atoms with Crippen LogP contribution in [0.4, 0.5) is 0 Å². The molecular formula is C26H28BrClN2O2S. The molecule has 1 aromatic carbocycles. The van der Waals surface area contributed by atoms with Gasteiger partial charge in [0.25, 0.3) is 5.91 Å². The Morgan fingerprint density at radius 2 is 1.76 bits per heavy atom. The van der Waals surface area contributed by atoms with Gasteiger partial charge >= 0.3 is 0 Å². The molecule has 33 heavy (non-hydrogen) atoms. The van der Waals surface area contributed by atoms with Gasteiger partial charge in [-0.05, 0) is 77.6 Å². The van der Waals surface area contributed by atoms with Gasteiger partial charge in [0.1, 0.15) is 11.5 Å². The van der Waals surface area contributed by atoms with E-state index in [9.17, 15) is 4.79 Å². The summed E-state index contributed by atoms with van der Waals surface area (Å²) in [5, 5.41) is 1.54. The Labute approximate surface area is 213 Å². The fourth-order valence-corrected chi connectivity index (χ4v) is 6.48. The van der Waals surface area contributed by atoms with Crippen molar-refractivity contribution in [1.29, 1.82) is 0 Å². The number of amidine groups is 1. The molecule has 5 rings (SSSR count). The van der Waals surface area contributed by atoms with E-state index in [0.717, 1.165) is 46.6 Å². The lowest BCUT2D eigenvalue weighted by atomic mass is 9.94. The lowest BCUT2D eigenvalue weighted by Gasteiger charge is -2.31. The van der Waals surface area contributed by atoms with E-state index in [1.54, 1.807) is 0 Å². The minimum absolute atomic E-state index is 0.0751. The van der Waals surface area contributed by atoms with Crippen molar-refractivity contribution in [3.63, 3.8) is 0 Å². The third-order valence-electron chi connectivity index (χ3n) is 6.75. The zero-order valence-corrected chi connectivity index (χ0v) is 21.7. The highest BCUT2D eigenvalue weighted by molar-refractivity contribution is 9.10. The van der Waals surface area contributed by atoms with E-state index < -0.39 is 0 Å². The van der Waals surface area contributed by atoms with Crippen LogP contribution in [0.15, 0.2) is 49.1 Å². The van der Waals surface area contributed by atoms with Gasteiger partial charge in [0.05, 0.1) is 16.0 Å². The molecule has 2 saturated carbocycles. The fraction of sp³-hybridized carbons (Fsp3) is 0.462. The third kappa shape index (κ3) is 5.28. The van der Waals surface area contributed by atoms with Crippen LogP contribution in [0.3, 0.4) is 0 Å². The Kier molecular flexibility index (Phi) is 7.33. The molecule has 0 spiro atoms. The number of furan rings is 1. The van der Waals surface area contributed by atoms with E-state index in [-0.39, 0.29) is 11.9 Å². The summed E-state index contributed by atoms with van der Waals surface area (Å²) in [5.74, 6) is 1.47. The highest BCUT2D eigenvalue weighted by atomic mass is 79.9. The Hall–Kier alpha value is -1.50. The molecule has 0 bridgehead atoms. The topological polar surface area (TPSA) is 45.8 Å². The Balaban J connectivity index is 1.41. The van der Waals surface area contributed by atoms with Crippen molar-refractivity contribution in [3.8, 4) is 11.3 Å². The maximum atomic E-state index is 13.5. The second kappa shape index (κ2) is 10.4. The highest BCUT2D eigenvalue weighted by Gasteiger charge is 2.39. The van der Waals surface area contributed by atoms with Crippen molar-refractivity contribution in [3.05, 3.63) is 50.5 Å². The number of aliphatic imine (C=N–C) groups is 1. The second-order valence-corrected chi connectivity index (χ2v) is 11.4. The van der Waals surface area contributed by atoms with Gasteiger partial charge in [0, 0.05) is 22.2 Å². The molecule has 1 amide bonds. The normalized spacial score (nSPS) is 23.2. The van der Waals surface area contributed by atoms with E-state index >= 15 is 0 Å². The quantitative estimate of drug-likeness (QED) is 0.362. The summed E-state index contributed by atoms with van der Waals surface area (Å²) in [6, 6.07) is 10.2. The average molecular weight is 548 g/mol. The van der Waals surface area contributed by atoms with Gasteiger partial charge in [-0.15, -0.1) is 0 Å². The van der Waals surface area contributed by atoms with Gasteiger partial charge in [0.2, 0.25) is 0 Å². The molecule has 1 saturated heterocycles. The van der Waals surface area contributed by atoms with Gasteiger partial charge in [-0.25, -0.2) is 0 Å². The smallest absolute Gasteiger partial charge is 0.267 e. The monoisotopic (exact) mass is 546 g/mol. The van der Waals surface area contributed by atoms with Crippen LogP contribution in [0.5, 0.6) is 0 Å². The number of amides is 1. The molecule has 2 aliphatic carbocycles. The van der Waals surface area contributed by atoms with Crippen LogP contribution >= 0.6 is 39.3 Å². The van der Waals surface area contributed by atoms with E-state index in [1.165, 1.54) is 50.3 Å². The van der Waals surface area contributed by atoms with Crippen LogP contribution in [0, 0.1) is 0 Å². The number of nitrogens with zero attached hydrogens (tertiary/aromatic N) is 2. The summed E-state index contributed by atoms with van der Waals surface area (Å²) in [6.45, 7) is 0. The molecule has 174 valence electrons. The molecule has 4 nitrogen and oxygen atoms in total. The lowest BCUT2D eigenvalue weighted by molar-refractivity contribution is -0.124. The number of halogens is 2. The number of benzene rings is 1. The van der Waals surface area contributed by atoms with Crippen molar-refractivity contribution in [2.75, 3.05) is 0 Å². The molecule has 2 aromatic rings. The van der Waals surface area contributed by atoms with Crippen LogP contribution in [0.2, 0.25) is 5.02 Å². The maximum absolute atomic E-state index is 13.5. The van der Waals surface area contributed by atoms with Crippen LogP contribution in [0.1, 0.15) is 70.0 Å². The largest absolute Gasteiger partial charge is 0.457 e. The maximum Gasteiger partial charge on any atom is 0.267 e. The van der Waals surface area contributed by atoms with Crippen molar-refractivity contribution in [2.24, 2.45) is 4.99 Å². The summed E-state index contributed by atoms with van der Waals surface area (Å²) in [4.78, 5) is 21.3. The van der Waals surface area contributed by atoms with Crippen LogP contribution in [-0.4, -0.2) is 28.1 Å². The molecule has 1 aromatic heterocycles. The third-order valence-corrected chi connectivity index (χ3v) is 8.98. The summed E-state index contributed by atoms with van der Waals surface area (Å²) in [6.07, 6.45) is 13.7. The summed E-state index contributed by atoms with van der Waals surface area (Å²) in [7, 11) is 0. The predicted octanol–water partition coefficient (Wildman–Crippen LogP) is 8.30. The Morgan fingerprint density at radius 1 is 1.03 bits per heavy atom. The number of carbonyl (C=O) groups excluding carboxylic acids is 1. The van der Waals surface area contributed by atoms with Gasteiger partial charge in [0.15, 0.2) is 5.17 Å². The fourth-order valence-electron chi connectivity index (χ4n) is 4.97. The average Bonchev–Trinajstić information content (AvgIpc) is 3.42. The van der Waals surface area contributed by atoms with Crippen molar-refractivity contribution in [1.82, 2.24) is 4.90 Å². The Morgan fingerprint density at radius 3 is 2.48 bits per heavy atom. The van der Waals surface area contributed by atoms with Gasteiger partial charge in [-0.2, -0.15) is 0 Å². The van der Waals surface area contributed by atoms with Crippen LogP contribution in [0.25, 0.3) is 17.4 Å².